The van der Waals surface area contributed by atoms with E-state index in [1.54, 1.807) is 0 Å². The van der Waals surface area contributed by atoms with Crippen molar-refractivity contribution in [3.63, 3.8) is 0 Å². The summed E-state index contributed by atoms with van der Waals surface area (Å²) in [4.78, 5) is 4.50. The van der Waals surface area contributed by atoms with Crippen molar-refractivity contribution < 1.29 is 4.74 Å². The molecule has 0 amide bonds. The lowest BCUT2D eigenvalue weighted by Gasteiger charge is -2.16. The summed E-state index contributed by atoms with van der Waals surface area (Å²) < 4.78 is 6.01. The zero-order chi connectivity index (χ0) is 13.1. The molecule has 0 aliphatic heterocycles. The standard InChI is InChI=1S/C15H20N2O/c1-4-5-11(3)18-15-8-10(2)17-14-7-6-12(16)9-13(14)15/h6-9,11H,4-5,16H2,1-3H3. The molecular formula is C15H20N2O. The molecule has 0 spiro atoms. The van der Waals surface area contributed by atoms with E-state index in [4.69, 9.17) is 10.5 Å². The molecular weight excluding hydrogens is 224 g/mol. The van der Waals surface area contributed by atoms with Crippen LogP contribution >= 0.6 is 0 Å². The molecule has 1 aromatic carbocycles. The van der Waals surface area contributed by atoms with E-state index >= 15 is 0 Å². The number of aromatic nitrogens is 1. The zero-order valence-electron chi connectivity index (χ0n) is 11.2. The number of benzene rings is 1. The van der Waals surface area contributed by atoms with Gasteiger partial charge in [-0.05, 0) is 38.5 Å². The molecule has 3 heteroatoms. The van der Waals surface area contributed by atoms with E-state index in [0.29, 0.717) is 0 Å². The molecule has 0 saturated carbocycles. The fourth-order valence-corrected chi connectivity index (χ4v) is 2.12. The molecule has 0 radical (unpaired) electrons. The van der Waals surface area contributed by atoms with Gasteiger partial charge in [0.05, 0.1) is 11.6 Å². The number of aryl methyl sites for hydroxylation is 1. The third-order valence-corrected chi connectivity index (χ3v) is 2.95. The SMILES string of the molecule is CCCC(C)Oc1cc(C)nc2ccc(N)cc12. The maximum absolute atomic E-state index is 6.01. The Labute approximate surface area is 108 Å². The Morgan fingerprint density at radius 1 is 1.33 bits per heavy atom. The van der Waals surface area contributed by atoms with E-state index in [1.807, 2.05) is 31.2 Å². The summed E-state index contributed by atoms with van der Waals surface area (Å²) in [5.74, 6) is 0.880. The first-order chi connectivity index (χ1) is 8.60. The molecule has 2 aromatic rings. The highest BCUT2D eigenvalue weighted by Gasteiger charge is 2.09. The molecule has 0 aliphatic carbocycles. The largest absolute Gasteiger partial charge is 0.490 e. The van der Waals surface area contributed by atoms with E-state index in [2.05, 4.69) is 18.8 Å². The molecule has 2 rings (SSSR count). The van der Waals surface area contributed by atoms with E-state index in [0.717, 1.165) is 40.9 Å². The van der Waals surface area contributed by atoms with Crippen LogP contribution in [-0.4, -0.2) is 11.1 Å². The Morgan fingerprint density at radius 2 is 2.11 bits per heavy atom. The van der Waals surface area contributed by atoms with Crippen molar-refractivity contribution in [1.82, 2.24) is 4.98 Å². The number of nitrogens with zero attached hydrogens (tertiary/aromatic N) is 1. The van der Waals surface area contributed by atoms with Gasteiger partial charge < -0.3 is 10.5 Å². The molecule has 0 bridgehead atoms. The minimum atomic E-state index is 0.210. The van der Waals surface area contributed by atoms with Gasteiger partial charge in [-0.25, -0.2) is 0 Å². The van der Waals surface area contributed by atoms with Crippen LogP contribution in [0.5, 0.6) is 5.75 Å². The fraction of sp³-hybridized carbons (Fsp3) is 0.400. The van der Waals surface area contributed by atoms with Gasteiger partial charge in [0.1, 0.15) is 5.75 Å². The van der Waals surface area contributed by atoms with Crippen LogP contribution in [0.3, 0.4) is 0 Å². The molecule has 0 saturated heterocycles. The molecule has 0 aliphatic rings. The maximum Gasteiger partial charge on any atom is 0.130 e. The highest BCUT2D eigenvalue weighted by molar-refractivity contribution is 5.87. The topological polar surface area (TPSA) is 48.1 Å². The minimum absolute atomic E-state index is 0.210. The number of hydrogen-bond acceptors (Lipinski definition) is 3. The second-order valence-corrected chi connectivity index (χ2v) is 4.76. The quantitative estimate of drug-likeness (QED) is 0.834. The van der Waals surface area contributed by atoms with Crippen molar-refractivity contribution in [2.24, 2.45) is 0 Å². The molecule has 1 aromatic heterocycles. The van der Waals surface area contributed by atoms with Crippen molar-refractivity contribution in [1.29, 1.82) is 0 Å². The predicted octanol–water partition coefficient (Wildman–Crippen LogP) is 3.69. The van der Waals surface area contributed by atoms with E-state index in [1.165, 1.54) is 0 Å². The van der Waals surface area contributed by atoms with Crippen molar-refractivity contribution >= 4 is 16.6 Å². The van der Waals surface area contributed by atoms with Crippen LogP contribution < -0.4 is 10.5 Å². The molecule has 0 fully saturated rings. The first-order valence-corrected chi connectivity index (χ1v) is 6.43. The Hall–Kier alpha value is -1.77. The summed E-state index contributed by atoms with van der Waals surface area (Å²) in [5, 5.41) is 0.989. The van der Waals surface area contributed by atoms with Gasteiger partial charge in [0.25, 0.3) is 0 Å². The van der Waals surface area contributed by atoms with Crippen LogP contribution in [0, 0.1) is 6.92 Å². The van der Waals surface area contributed by atoms with Crippen molar-refractivity contribution in [2.75, 3.05) is 5.73 Å². The summed E-state index contributed by atoms with van der Waals surface area (Å²) in [6, 6.07) is 7.72. The van der Waals surface area contributed by atoms with Crippen LogP contribution in [0.4, 0.5) is 5.69 Å². The van der Waals surface area contributed by atoms with Gasteiger partial charge in [0.2, 0.25) is 0 Å². The summed E-state index contributed by atoms with van der Waals surface area (Å²) in [5.41, 5.74) is 8.47. The van der Waals surface area contributed by atoms with Gasteiger partial charge in [0.15, 0.2) is 0 Å². The number of rotatable bonds is 4. The number of ether oxygens (including phenoxy) is 1. The van der Waals surface area contributed by atoms with Gasteiger partial charge >= 0.3 is 0 Å². The molecule has 96 valence electrons. The Morgan fingerprint density at radius 3 is 2.83 bits per heavy atom. The lowest BCUT2D eigenvalue weighted by Crippen LogP contribution is -2.11. The number of nitrogen functional groups attached to an aromatic ring is 1. The Kier molecular flexibility index (Phi) is 3.70. The van der Waals surface area contributed by atoms with Crippen LogP contribution in [0.15, 0.2) is 24.3 Å². The van der Waals surface area contributed by atoms with Crippen molar-refractivity contribution in [3.8, 4) is 5.75 Å². The predicted molar refractivity (Wildman–Crippen MR) is 75.9 cm³/mol. The van der Waals surface area contributed by atoms with Gasteiger partial charge in [-0.15, -0.1) is 0 Å². The highest BCUT2D eigenvalue weighted by atomic mass is 16.5. The number of anilines is 1. The van der Waals surface area contributed by atoms with E-state index in [-0.39, 0.29) is 6.10 Å². The van der Waals surface area contributed by atoms with E-state index in [9.17, 15) is 0 Å². The van der Waals surface area contributed by atoms with Crippen LogP contribution in [-0.2, 0) is 0 Å². The monoisotopic (exact) mass is 244 g/mol. The highest BCUT2D eigenvalue weighted by Crippen LogP contribution is 2.28. The molecule has 3 nitrogen and oxygen atoms in total. The second kappa shape index (κ2) is 5.25. The Bertz CT molecular complexity index is 551. The lowest BCUT2D eigenvalue weighted by molar-refractivity contribution is 0.212. The third kappa shape index (κ3) is 2.73. The number of hydrogen-bond donors (Lipinski definition) is 1. The zero-order valence-corrected chi connectivity index (χ0v) is 11.2. The normalized spacial score (nSPS) is 12.6. The maximum atomic E-state index is 6.01. The summed E-state index contributed by atoms with van der Waals surface area (Å²) >= 11 is 0. The van der Waals surface area contributed by atoms with Gasteiger partial charge in [0, 0.05) is 22.8 Å². The number of pyridine rings is 1. The molecule has 2 N–H and O–H groups in total. The summed E-state index contributed by atoms with van der Waals surface area (Å²) in [6.45, 7) is 6.23. The number of fused-ring (bicyclic) bond motifs is 1. The molecule has 18 heavy (non-hydrogen) atoms. The van der Waals surface area contributed by atoms with Gasteiger partial charge in [-0.3, -0.25) is 4.98 Å². The average Bonchev–Trinajstić information content (AvgIpc) is 2.30. The molecule has 1 heterocycles. The Balaban J connectivity index is 2.44. The third-order valence-electron chi connectivity index (χ3n) is 2.95. The minimum Gasteiger partial charge on any atom is -0.490 e. The first kappa shape index (κ1) is 12.7. The van der Waals surface area contributed by atoms with Gasteiger partial charge in [-0.1, -0.05) is 13.3 Å². The van der Waals surface area contributed by atoms with Crippen molar-refractivity contribution in [2.45, 2.75) is 39.7 Å². The average molecular weight is 244 g/mol. The first-order valence-electron chi connectivity index (χ1n) is 6.43. The second-order valence-electron chi connectivity index (χ2n) is 4.76. The van der Waals surface area contributed by atoms with Crippen LogP contribution in [0.1, 0.15) is 32.4 Å². The summed E-state index contributed by atoms with van der Waals surface area (Å²) in [6.07, 6.45) is 2.37. The molecule has 1 atom stereocenters. The van der Waals surface area contributed by atoms with Gasteiger partial charge in [-0.2, -0.15) is 0 Å². The lowest BCUT2D eigenvalue weighted by atomic mass is 10.1. The summed E-state index contributed by atoms with van der Waals surface area (Å²) in [7, 11) is 0. The van der Waals surface area contributed by atoms with Crippen LogP contribution in [0.25, 0.3) is 10.9 Å². The molecule has 1 unspecified atom stereocenters. The van der Waals surface area contributed by atoms with Crippen LogP contribution in [0.2, 0.25) is 0 Å². The fourth-order valence-electron chi connectivity index (χ4n) is 2.12. The van der Waals surface area contributed by atoms with E-state index < -0.39 is 0 Å². The van der Waals surface area contributed by atoms with Crippen molar-refractivity contribution in [3.05, 3.63) is 30.0 Å². The number of nitrogens with two attached hydrogens (primary N) is 1. The smallest absolute Gasteiger partial charge is 0.130 e.